The summed E-state index contributed by atoms with van der Waals surface area (Å²) in [4.78, 5) is 11.7. The van der Waals surface area contributed by atoms with Crippen molar-refractivity contribution in [3.05, 3.63) is 0 Å². The average molecular weight is 234 g/mol. The summed E-state index contributed by atoms with van der Waals surface area (Å²) in [6.45, 7) is 2.83. The SMILES string of the molecule is CC(C)(C(=O)NC1CC(N)C1)S(C)(=O)=O. The fourth-order valence-electron chi connectivity index (χ4n) is 1.31. The Hall–Kier alpha value is -0.620. The highest BCUT2D eigenvalue weighted by Crippen LogP contribution is 2.21. The van der Waals surface area contributed by atoms with Crippen LogP contribution in [0.4, 0.5) is 0 Å². The maximum atomic E-state index is 11.7. The number of hydrogen-bond donors (Lipinski definition) is 2. The minimum atomic E-state index is -3.39. The van der Waals surface area contributed by atoms with Crippen molar-refractivity contribution in [2.45, 2.75) is 43.5 Å². The van der Waals surface area contributed by atoms with Gasteiger partial charge in [0.25, 0.3) is 0 Å². The highest BCUT2D eigenvalue weighted by Gasteiger charge is 2.40. The summed E-state index contributed by atoms with van der Waals surface area (Å²) in [6, 6.07) is 0.171. The third-order valence-electron chi connectivity index (χ3n) is 2.98. The number of hydrogen-bond acceptors (Lipinski definition) is 4. The summed E-state index contributed by atoms with van der Waals surface area (Å²) in [5.74, 6) is -0.443. The standard InChI is InChI=1S/C9H18N2O3S/c1-9(2,15(3,13)14)8(12)11-7-4-6(10)5-7/h6-7H,4-5,10H2,1-3H3,(H,11,12). The zero-order valence-corrected chi connectivity index (χ0v) is 10.1. The molecule has 88 valence electrons. The summed E-state index contributed by atoms with van der Waals surface area (Å²) >= 11 is 0. The Balaban J connectivity index is 2.61. The lowest BCUT2D eigenvalue weighted by Gasteiger charge is -2.35. The monoisotopic (exact) mass is 234 g/mol. The molecule has 1 amide bonds. The van der Waals surface area contributed by atoms with E-state index in [2.05, 4.69) is 5.32 Å². The van der Waals surface area contributed by atoms with Crippen molar-refractivity contribution in [1.29, 1.82) is 0 Å². The molecule has 1 aliphatic rings. The number of nitrogens with two attached hydrogens (primary N) is 1. The molecule has 6 heteroatoms. The molecule has 0 aromatic heterocycles. The van der Waals surface area contributed by atoms with E-state index in [9.17, 15) is 13.2 Å². The fourth-order valence-corrected chi connectivity index (χ4v) is 1.70. The molecule has 3 N–H and O–H groups in total. The van der Waals surface area contributed by atoms with Crippen molar-refractivity contribution in [1.82, 2.24) is 5.32 Å². The average Bonchev–Trinajstić information content (AvgIpc) is 1.99. The van der Waals surface area contributed by atoms with Gasteiger partial charge in [-0.2, -0.15) is 0 Å². The van der Waals surface area contributed by atoms with E-state index in [1.54, 1.807) is 0 Å². The molecule has 0 saturated heterocycles. The van der Waals surface area contributed by atoms with Crippen molar-refractivity contribution in [3.63, 3.8) is 0 Å². The van der Waals surface area contributed by atoms with Crippen LogP contribution in [-0.4, -0.2) is 37.4 Å². The van der Waals surface area contributed by atoms with Crippen molar-refractivity contribution in [2.75, 3.05) is 6.26 Å². The maximum Gasteiger partial charge on any atom is 0.241 e. The lowest BCUT2D eigenvalue weighted by atomic mass is 9.87. The molecule has 0 radical (unpaired) electrons. The molecule has 0 atom stereocenters. The lowest BCUT2D eigenvalue weighted by molar-refractivity contribution is -0.124. The van der Waals surface area contributed by atoms with Crippen LogP contribution >= 0.6 is 0 Å². The van der Waals surface area contributed by atoms with E-state index in [1.807, 2.05) is 0 Å². The quantitative estimate of drug-likeness (QED) is 0.683. The van der Waals surface area contributed by atoms with Crippen LogP contribution in [0, 0.1) is 0 Å². The first-order valence-corrected chi connectivity index (χ1v) is 6.80. The number of amides is 1. The summed E-state index contributed by atoms with van der Waals surface area (Å²) in [6.07, 6.45) is 2.52. The molecule has 1 rings (SSSR count). The van der Waals surface area contributed by atoms with Gasteiger partial charge in [-0.25, -0.2) is 8.42 Å². The van der Waals surface area contributed by atoms with Gasteiger partial charge in [-0.1, -0.05) is 0 Å². The molecular formula is C9H18N2O3S. The molecular weight excluding hydrogens is 216 g/mol. The van der Waals surface area contributed by atoms with Gasteiger partial charge in [0, 0.05) is 18.3 Å². The smallest absolute Gasteiger partial charge is 0.241 e. The molecule has 0 aliphatic heterocycles. The zero-order chi connectivity index (χ0) is 11.9. The lowest BCUT2D eigenvalue weighted by Crippen LogP contribution is -2.56. The van der Waals surface area contributed by atoms with Gasteiger partial charge in [0.2, 0.25) is 5.91 Å². The topological polar surface area (TPSA) is 89.3 Å². The predicted octanol–water partition coefficient (Wildman–Crippen LogP) is -0.584. The Morgan fingerprint density at radius 1 is 1.40 bits per heavy atom. The first kappa shape index (κ1) is 12.4. The van der Waals surface area contributed by atoms with Crippen LogP contribution < -0.4 is 11.1 Å². The summed E-state index contributed by atoms with van der Waals surface area (Å²) < 4.78 is 21.4. The van der Waals surface area contributed by atoms with Crippen molar-refractivity contribution >= 4 is 15.7 Å². The number of nitrogens with one attached hydrogen (secondary N) is 1. The van der Waals surface area contributed by atoms with Gasteiger partial charge < -0.3 is 11.1 Å². The molecule has 1 fully saturated rings. The van der Waals surface area contributed by atoms with Gasteiger partial charge in [0.05, 0.1) is 0 Å². The van der Waals surface area contributed by atoms with Gasteiger partial charge in [-0.15, -0.1) is 0 Å². The summed E-state index contributed by atoms with van der Waals surface area (Å²) in [5.41, 5.74) is 5.57. The number of carbonyl (C=O) groups excluding carboxylic acids is 1. The Morgan fingerprint density at radius 3 is 2.20 bits per heavy atom. The highest BCUT2D eigenvalue weighted by molar-refractivity contribution is 7.92. The van der Waals surface area contributed by atoms with E-state index in [0.29, 0.717) is 0 Å². The zero-order valence-electron chi connectivity index (χ0n) is 9.28. The second-order valence-electron chi connectivity index (χ2n) is 4.68. The second-order valence-corrected chi connectivity index (χ2v) is 7.25. The predicted molar refractivity (Wildman–Crippen MR) is 58.1 cm³/mol. The van der Waals surface area contributed by atoms with Gasteiger partial charge in [0.15, 0.2) is 9.84 Å². The van der Waals surface area contributed by atoms with Gasteiger partial charge in [-0.3, -0.25) is 4.79 Å². The van der Waals surface area contributed by atoms with Crippen LogP contribution in [-0.2, 0) is 14.6 Å². The van der Waals surface area contributed by atoms with Crippen LogP contribution in [0.2, 0.25) is 0 Å². The molecule has 0 unspecified atom stereocenters. The van der Waals surface area contributed by atoms with E-state index in [0.717, 1.165) is 19.1 Å². The van der Waals surface area contributed by atoms with Crippen LogP contribution in [0.25, 0.3) is 0 Å². The summed E-state index contributed by atoms with van der Waals surface area (Å²) in [5, 5.41) is 2.70. The Kier molecular flexibility index (Phi) is 3.11. The summed E-state index contributed by atoms with van der Waals surface area (Å²) in [7, 11) is -3.39. The Bertz CT molecular complexity index is 356. The van der Waals surface area contributed by atoms with Crippen LogP contribution in [0.5, 0.6) is 0 Å². The molecule has 0 spiro atoms. The third-order valence-corrected chi connectivity index (χ3v) is 5.02. The van der Waals surface area contributed by atoms with E-state index < -0.39 is 20.5 Å². The van der Waals surface area contributed by atoms with E-state index >= 15 is 0 Å². The van der Waals surface area contributed by atoms with Gasteiger partial charge >= 0.3 is 0 Å². The van der Waals surface area contributed by atoms with E-state index in [-0.39, 0.29) is 12.1 Å². The van der Waals surface area contributed by atoms with E-state index in [1.165, 1.54) is 13.8 Å². The van der Waals surface area contributed by atoms with Gasteiger partial charge in [0.1, 0.15) is 4.75 Å². The second kappa shape index (κ2) is 3.75. The molecule has 1 saturated carbocycles. The van der Waals surface area contributed by atoms with Crippen molar-refractivity contribution in [2.24, 2.45) is 5.73 Å². The number of rotatable bonds is 3. The molecule has 1 aliphatic carbocycles. The first-order chi connectivity index (χ1) is 6.64. The van der Waals surface area contributed by atoms with Gasteiger partial charge in [-0.05, 0) is 26.7 Å². The molecule has 5 nitrogen and oxygen atoms in total. The minimum absolute atomic E-state index is 0.0357. The normalized spacial score (nSPS) is 26.9. The number of carbonyl (C=O) groups is 1. The molecule has 0 heterocycles. The molecule has 15 heavy (non-hydrogen) atoms. The number of sulfone groups is 1. The minimum Gasteiger partial charge on any atom is -0.352 e. The molecule has 0 bridgehead atoms. The van der Waals surface area contributed by atoms with E-state index in [4.69, 9.17) is 5.73 Å². The van der Waals surface area contributed by atoms with Crippen molar-refractivity contribution in [3.8, 4) is 0 Å². The fraction of sp³-hybridized carbons (Fsp3) is 0.889. The maximum absolute atomic E-state index is 11.7. The largest absolute Gasteiger partial charge is 0.352 e. The van der Waals surface area contributed by atoms with Crippen LogP contribution in [0.1, 0.15) is 26.7 Å². The van der Waals surface area contributed by atoms with Crippen LogP contribution in [0.15, 0.2) is 0 Å². The molecule has 0 aromatic rings. The first-order valence-electron chi connectivity index (χ1n) is 4.90. The van der Waals surface area contributed by atoms with Crippen molar-refractivity contribution < 1.29 is 13.2 Å². The Morgan fingerprint density at radius 2 is 1.87 bits per heavy atom. The third kappa shape index (κ3) is 2.49. The van der Waals surface area contributed by atoms with Crippen LogP contribution in [0.3, 0.4) is 0 Å². The Labute approximate surface area is 90.3 Å². The highest BCUT2D eigenvalue weighted by atomic mass is 32.2. The molecule has 0 aromatic carbocycles.